The molecule has 4 fully saturated rings. The van der Waals surface area contributed by atoms with Crippen molar-refractivity contribution in [2.45, 2.75) is 38.5 Å². The van der Waals surface area contributed by atoms with Crippen molar-refractivity contribution in [1.82, 2.24) is 0 Å². The Balaban J connectivity index is 1.41. The van der Waals surface area contributed by atoms with Crippen LogP contribution in [0.15, 0.2) is 24.3 Å². The molecule has 0 amide bonds. The minimum Gasteiger partial charge on any atom is -0.497 e. The summed E-state index contributed by atoms with van der Waals surface area (Å²) in [5.41, 5.74) is 1.01. The second-order valence-corrected chi connectivity index (χ2v) is 7.70. The minimum absolute atomic E-state index is 0.00816. The van der Waals surface area contributed by atoms with E-state index in [-0.39, 0.29) is 5.41 Å². The van der Waals surface area contributed by atoms with E-state index in [2.05, 4.69) is 5.32 Å². The van der Waals surface area contributed by atoms with E-state index >= 15 is 0 Å². The van der Waals surface area contributed by atoms with Gasteiger partial charge in [-0.25, -0.2) is 0 Å². The first-order valence-corrected chi connectivity index (χ1v) is 8.58. The van der Waals surface area contributed by atoms with Crippen molar-refractivity contribution in [3.05, 3.63) is 24.3 Å². The predicted molar refractivity (Wildman–Crippen MR) is 87.1 cm³/mol. The summed E-state index contributed by atoms with van der Waals surface area (Å²) in [5, 5.41) is 3.32. The third kappa shape index (κ3) is 2.41. The van der Waals surface area contributed by atoms with Crippen LogP contribution in [0.3, 0.4) is 0 Å². The lowest BCUT2D eigenvalue weighted by atomic mass is 9.48. The van der Waals surface area contributed by atoms with E-state index in [0.29, 0.717) is 12.3 Å². The Morgan fingerprint density at radius 2 is 1.64 bits per heavy atom. The summed E-state index contributed by atoms with van der Waals surface area (Å²) in [7, 11) is 1.67. The lowest BCUT2D eigenvalue weighted by Gasteiger charge is -2.56. The Hall–Kier alpha value is -1.51. The number of anilines is 1. The van der Waals surface area contributed by atoms with E-state index in [9.17, 15) is 4.79 Å². The van der Waals surface area contributed by atoms with Crippen molar-refractivity contribution in [1.29, 1.82) is 0 Å². The van der Waals surface area contributed by atoms with Gasteiger partial charge in [0, 0.05) is 11.1 Å². The largest absolute Gasteiger partial charge is 0.497 e. The number of nitrogens with one attached hydrogen (secondary N) is 1. The average Bonchev–Trinajstić information content (AvgIpc) is 2.51. The first-order chi connectivity index (χ1) is 10.7. The third-order valence-electron chi connectivity index (χ3n) is 6.17. The summed E-state index contributed by atoms with van der Waals surface area (Å²) in [5.74, 6) is 3.78. The highest BCUT2D eigenvalue weighted by atomic mass is 16.5. The van der Waals surface area contributed by atoms with Crippen molar-refractivity contribution >= 4 is 11.5 Å². The van der Waals surface area contributed by atoms with Gasteiger partial charge in [-0.05, 0) is 80.5 Å². The fourth-order valence-corrected chi connectivity index (χ4v) is 5.53. The van der Waals surface area contributed by atoms with Crippen LogP contribution in [0.25, 0.3) is 0 Å². The normalized spacial score (nSPS) is 35.4. The molecular formula is C19H25NO2. The van der Waals surface area contributed by atoms with Gasteiger partial charge in [0.15, 0.2) is 5.78 Å². The van der Waals surface area contributed by atoms with Crippen molar-refractivity contribution in [2.24, 2.45) is 23.2 Å². The van der Waals surface area contributed by atoms with E-state index in [0.717, 1.165) is 48.5 Å². The van der Waals surface area contributed by atoms with Gasteiger partial charge >= 0.3 is 0 Å². The maximum Gasteiger partial charge on any atom is 0.158 e. The molecule has 3 heteroatoms. The number of carbonyl (C=O) groups is 1. The van der Waals surface area contributed by atoms with Crippen LogP contribution < -0.4 is 10.1 Å². The number of carbonyl (C=O) groups excluding carboxylic acids is 1. The summed E-state index contributed by atoms with van der Waals surface area (Å²) in [6.45, 7) is 0.471. The topological polar surface area (TPSA) is 38.3 Å². The average molecular weight is 299 g/mol. The maximum absolute atomic E-state index is 12.9. The predicted octanol–water partition coefficient (Wildman–Crippen LogP) is 3.89. The van der Waals surface area contributed by atoms with Gasteiger partial charge in [-0.2, -0.15) is 0 Å². The molecule has 0 unspecified atom stereocenters. The second-order valence-electron chi connectivity index (χ2n) is 7.70. The molecule has 0 radical (unpaired) electrons. The lowest BCUT2D eigenvalue weighted by Crippen LogP contribution is -2.51. The zero-order valence-corrected chi connectivity index (χ0v) is 13.3. The lowest BCUT2D eigenvalue weighted by molar-refractivity contribution is -0.141. The number of Topliss-reactive ketones (excluding diaryl/α,β-unsaturated/α-hetero) is 1. The van der Waals surface area contributed by atoms with Crippen LogP contribution in [0.2, 0.25) is 0 Å². The summed E-state index contributed by atoms with van der Waals surface area (Å²) in [4.78, 5) is 12.9. The summed E-state index contributed by atoms with van der Waals surface area (Å²) in [6, 6.07) is 7.81. The summed E-state index contributed by atoms with van der Waals surface area (Å²) < 4.78 is 5.16. The maximum atomic E-state index is 12.9. The zero-order chi connectivity index (χ0) is 15.2. The van der Waals surface area contributed by atoms with Crippen LogP contribution in [0.5, 0.6) is 5.75 Å². The summed E-state index contributed by atoms with van der Waals surface area (Å²) in [6.07, 6.45) is 7.63. The molecule has 4 aliphatic carbocycles. The Morgan fingerprint density at radius 3 is 2.14 bits per heavy atom. The van der Waals surface area contributed by atoms with Gasteiger partial charge in [0.2, 0.25) is 0 Å². The molecule has 0 aliphatic heterocycles. The second kappa shape index (κ2) is 5.29. The fraction of sp³-hybridized carbons (Fsp3) is 0.632. The number of hydrogen-bond donors (Lipinski definition) is 1. The molecular weight excluding hydrogens is 274 g/mol. The molecule has 3 nitrogen and oxygen atoms in total. The van der Waals surface area contributed by atoms with Crippen molar-refractivity contribution in [3.63, 3.8) is 0 Å². The molecule has 0 saturated heterocycles. The van der Waals surface area contributed by atoms with E-state index < -0.39 is 0 Å². The Labute approximate surface area is 132 Å². The van der Waals surface area contributed by atoms with Gasteiger partial charge in [-0.15, -0.1) is 0 Å². The molecule has 4 aliphatic rings. The van der Waals surface area contributed by atoms with Gasteiger partial charge < -0.3 is 10.1 Å². The monoisotopic (exact) mass is 299 g/mol. The van der Waals surface area contributed by atoms with Gasteiger partial charge in [0.25, 0.3) is 0 Å². The smallest absolute Gasteiger partial charge is 0.158 e. The van der Waals surface area contributed by atoms with Gasteiger partial charge in [0.05, 0.1) is 13.7 Å². The number of ketones is 1. The molecule has 5 rings (SSSR count). The highest BCUT2D eigenvalue weighted by molar-refractivity contribution is 5.89. The molecule has 0 atom stereocenters. The Morgan fingerprint density at radius 1 is 1.09 bits per heavy atom. The van der Waals surface area contributed by atoms with Gasteiger partial charge in [-0.1, -0.05) is 0 Å². The molecule has 0 heterocycles. The van der Waals surface area contributed by atoms with Crippen molar-refractivity contribution < 1.29 is 9.53 Å². The molecule has 4 bridgehead atoms. The molecule has 4 saturated carbocycles. The number of hydrogen-bond acceptors (Lipinski definition) is 3. The van der Waals surface area contributed by atoms with Crippen LogP contribution in [-0.4, -0.2) is 19.4 Å². The first-order valence-electron chi connectivity index (χ1n) is 8.58. The van der Waals surface area contributed by atoms with Crippen molar-refractivity contribution in [3.8, 4) is 5.75 Å². The minimum atomic E-state index is 0.00816. The van der Waals surface area contributed by atoms with Crippen LogP contribution in [0.4, 0.5) is 5.69 Å². The summed E-state index contributed by atoms with van der Waals surface area (Å²) >= 11 is 0. The molecule has 118 valence electrons. The zero-order valence-electron chi connectivity index (χ0n) is 13.3. The standard InChI is InChI=1S/C19H25NO2/c1-22-17-4-2-16(3-5-17)20-12-18(21)19-9-13-6-14(10-19)8-15(7-13)11-19/h2-5,13-15,20H,6-12H2,1H3. The van der Waals surface area contributed by atoms with Crippen LogP contribution in [0.1, 0.15) is 38.5 Å². The molecule has 22 heavy (non-hydrogen) atoms. The Kier molecular flexibility index (Phi) is 3.39. The highest BCUT2D eigenvalue weighted by Crippen LogP contribution is 2.60. The van der Waals surface area contributed by atoms with E-state index in [4.69, 9.17) is 4.74 Å². The van der Waals surface area contributed by atoms with E-state index in [1.807, 2.05) is 24.3 Å². The van der Waals surface area contributed by atoms with E-state index in [1.54, 1.807) is 7.11 Å². The molecule has 1 aromatic rings. The number of methoxy groups -OCH3 is 1. The van der Waals surface area contributed by atoms with Gasteiger partial charge in [0.1, 0.15) is 5.75 Å². The fourth-order valence-electron chi connectivity index (χ4n) is 5.53. The quantitative estimate of drug-likeness (QED) is 0.896. The number of benzene rings is 1. The van der Waals surface area contributed by atoms with Gasteiger partial charge in [-0.3, -0.25) is 4.79 Å². The Bertz CT molecular complexity index is 528. The highest BCUT2D eigenvalue weighted by Gasteiger charge is 2.53. The molecule has 0 aromatic heterocycles. The molecule has 1 N–H and O–H groups in total. The molecule has 1 aromatic carbocycles. The van der Waals surface area contributed by atoms with Crippen LogP contribution in [-0.2, 0) is 4.79 Å². The SMILES string of the molecule is COc1ccc(NCC(=O)C23CC4CC(CC(C4)C2)C3)cc1. The van der Waals surface area contributed by atoms with Crippen LogP contribution >= 0.6 is 0 Å². The first kappa shape index (κ1) is 14.1. The molecule has 0 spiro atoms. The van der Waals surface area contributed by atoms with E-state index in [1.165, 1.54) is 19.3 Å². The third-order valence-corrected chi connectivity index (χ3v) is 6.17. The number of ether oxygens (including phenoxy) is 1. The van der Waals surface area contributed by atoms with Crippen LogP contribution in [0, 0.1) is 23.2 Å². The number of rotatable bonds is 5. The van der Waals surface area contributed by atoms with Crippen molar-refractivity contribution in [2.75, 3.05) is 19.0 Å².